The zero-order valence-electron chi connectivity index (χ0n) is 10.8. The molecule has 5 heteroatoms. The first-order chi connectivity index (χ1) is 7.38. The molecule has 0 saturated carbocycles. The van der Waals surface area contributed by atoms with E-state index in [0.717, 1.165) is 0 Å². The minimum atomic E-state index is -0.272. The second-order valence-electron chi connectivity index (χ2n) is 4.18. The second kappa shape index (κ2) is 7.22. The molecule has 0 rings (SSSR count). The van der Waals surface area contributed by atoms with Crippen molar-refractivity contribution in [2.45, 2.75) is 26.3 Å². The van der Waals surface area contributed by atoms with Crippen molar-refractivity contribution in [2.75, 3.05) is 34.3 Å². The van der Waals surface area contributed by atoms with E-state index in [2.05, 4.69) is 4.74 Å². The normalized spacial score (nSPS) is 10.7. The first-order valence-corrected chi connectivity index (χ1v) is 5.39. The maximum Gasteiger partial charge on any atom is 0.319 e. The van der Waals surface area contributed by atoms with Crippen molar-refractivity contribution in [3.63, 3.8) is 0 Å². The van der Waals surface area contributed by atoms with Crippen molar-refractivity contribution < 1.29 is 14.3 Å². The van der Waals surface area contributed by atoms with Gasteiger partial charge in [0.15, 0.2) is 0 Å². The Morgan fingerprint density at radius 3 is 2.19 bits per heavy atom. The first-order valence-electron chi connectivity index (χ1n) is 5.39. The maximum atomic E-state index is 11.4. The molecule has 0 bridgehead atoms. The van der Waals surface area contributed by atoms with Gasteiger partial charge in [0.1, 0.15) is 0 Å². The fraction of sp³-hybridized carbons (Fsp3) is 0.818. The monoisotopic (exact) mass is 230 g/mol. The number of ether oxygens (including phenoxy) is 1. The van der Waals surface area contributed by atoms with Gasteiger partial charge in [-0.05, 0) is 13.8 Å². The summed E-state index contributed by atoms with van der Waals surface area (Å²) in [6.45, 7) is 4.78. The number of methoxy groups -OCH3 is 1. The molecule has 1 amide bonds. The van der Waals surface area contributed by atoms with E-state index in [9.17, 15) is 9.59 Å². The smallest absolute Gasteiger partial charge is 0.319 e. The lowest BCUT2D eigenvalue weighted by molar-refractivity contribution is -0.143. The quantitative estimate of drug-likeness (QED) is 0.618. The Bertz CT molecular complexity index is 239. The summed E-state index contributed by atoms with van der Waals surface area (Å²) in [5.74, 6) is -0.207. The Balaban J connectivity index is 4.14. The Morgan fingerprint density at radius 2 is 1.81 bits per heavy atom. The predicted octanol–water partition coefficient (Wildman–Crippen LogP) is 0.348. The van der Waals surface area contributed by atoms with Crippen LogP contribution in [0.2, 0.25) is 0 Å². The number of amides is 1. The van der Waals surface area contributed by atoms with Gasteiger partial charge in [-0.2, -0.15) is 0 Å². The van der Waals surface area contributed by atoms with Crippen molar-refractivity contribution in [3.8, 4) is 0 Å². The molecule has 0 atom stereocenters. The summed E-state index contributed by atoms with van der Waals surface area (Å²) in [5, 5.41) is 0. The van der Waals surface area contributed by atoms with E-state index >= 15 is 0 Å². The van der Waals surface area contributed by atoms with E-state index in [4.69, 9.17) is 0 Å². The van der Waals surface area contributed by atoms with Gasteiger partial charge >= 0.3 is 5.97 Å². The molecule has 0 aromatic rings. The van der Waals surface area contributed by atoms with Crippen LogP contribution in [0.5, 0.6) is 0 Å². The van der Waals surface area contributed by atoms with Gasteiger partial charge in [-0.3, -0.25) is 14.5 Å². The average molecular weight is 230 g/mol. The molecule has 0 aromatic carbocycles. The lowest BCUT2D eigenvalue weighted by Gasteiger charge is -2.25. The topological polar surface area (TPSA) is 49.9 Å². The molecule has 0 aliphatic carbocycles. The summed E-state index contributed by atoms with van der Waals surface area (Å²) in [4.78, 5) is 26.0. The molecule has 0 saturated heterocycles. The van der Waals surface area contributed by atoms with Crippen molar-refractivity contribution in [1.82, 2.24) is 9.80 Å². The van der Waals surface area contributed by atoms with Crippen molar-refractivity contribution >= 4 is 11.9 Å². The number of esters is 1. The van der Waals surface area contributed by atoms with Crippen LogP contribution in [0.1, 0.15) is 20.3 Å². The average Bonchev–Trinajstić information content (AvgIpc) is 2.22. The van der Waals surface area contributed by atoms with Gasteiger partial charge in [0.2, 0.25) is 5.91 Å². The summed E-state index contributed by atoms with van der Waals surface area (Å²) in [5.41, 5.74) is 0. The van der Waals surface area contributed by atoms with Crippen molar-refractivity contribution in [3.05, 3.63) is 0 Å². The molecule has 0 radical (unpaired) electrons. The number of hydrogen-bond acceptors (Lipinski definition) is 4. The van der Waals surface area contributed by atoms with Crippen LogP contribution in [0.25, 0.3) is 0 Å². The summed E-state index contributed by atoms with van der Waals surface area (Å²) in [6, 6.07) is 0.217. The van der Waals surface area contributed by atoms with Gasteiger partial charge in [0.25, 0.3) is 0 Å². The fourth-order valence-electron chi connectivity index (χ4n) is 1.21. The Kier molecular flexibility index (Phi) is 6.72. The first kappa shape index (κ1) is 14.9. The van der Waals surface area contributed by atoms with E-state index in [1.54, 1.807) is 19.0 Å². The Morgan fingerprint density at radius 1 is 1.25 bits per heavy atom. The minimum Gasteiger partial charge on any atom is -0.468 e. The van der Waals surface area contributed by atoms with Gasteiger partial charge in [-0.15, -0.1) is 0 Å². The number of carbonyl (C=O) groups is 2. The number of carbonyl (C=O) groups excluding carboxylic acids is 2. The van der Waals surface area contributed by atoms with Crippen LogP contribution in [-0.4, -0.2) is 62.0 Å². The largest absolute Gasteiger partial charge is 0.468 e. The van der Waals surface area contributed by atoms with Crippen LogP contribution >= 0.6 is 0 Å². The molecule has 0 spiro atoms. The van der Waals surface area contributed by atoms with Crippen LogP contribution < -0.4 is 0 Å². The van der Waals surface area contributed by atoms with E-state index in [1.165, 1.54) is 7.11 Å². The highest BCUT2D eigenvalue weighted by molar-refractivity contribution is 5.76. The van der Waals surface area contributed by atoms with Crippen molar-refractivity contribution in [2.24, 2.45) is 0 Å². The number of rotatable bonds is 6. The van der Waals surface area contributed by atoms with E-state index in [1.807, 2.05) is 18.7 Å². The van der Waals surface area contributed by atoms with Gasteiger partial charge in [-0.1, -0.05) is 0 Å². The number of hydrogen-bond donors (Lipinski definition) is 0. The molecule has 0 unspecified atom stereocenters. The highest BCUT2D eigenvalue weighted by Gasteiger charge is 2.16. The van der Waals surface area contributed by atoms with E-state index < -0.39 is 0 Å². The van der Waals surface area contributed by atoms with Crippen LogP contribution in [0.4, 0.5) is 0 Å². The molecule has 16 heavy (non-hydrogen) atoms. The zero-order valence-corrected chi connectivity index (χ0v) is 10.8. The van der Waals surface area contributed by atoms with Crippen LogP contribution in [0, 0.1) is 0 Å². The predicted molar refractivity (Wildman–Crippen MR) is 62.0 cm³/mol. The summed E-state index contributed by atoms with van der Waals surface area (Å²) >= 11 is 0. The van der Waals surface area contributed by atoms with E-state index in [0.29, 0.717) is 13.0 Å². The fourth-order valence-corrected chi connectivity index (χ4v) is 1.21. The van der Waals surface area contributed by atoms with Crippen LogP contribution in [0.3, 0.4) is 0 Å². The summed E-state index contributed by atoms with van der Waals surface area (Å²) in [6.07, 6.45) is 0.419. The molecule has 0 fully saturated rings. The SMILES string of the molecule is COC(=O)CN(CCC(=O)N(C)C)C(C)C. The number of nitrogens with zero attached hydrogens (tertiary/aromatic N) is 2. The highest BCUT2D eigenvalue weighted by atomic mass is 16.5. The lowest BCUT2D eigenvalue weighted by Crippen LogP contribution is -2.38. The van der Waals surface area contributed by atoms with Gasteiger partial charge in [0, 0.05) is 33.1 Å². The zero-order chi connectivity index (χ0) is 12.7. The highest BCUT2D eigenvalue weighted by Crippen LogP contribution is 2.01. The third-order valence-corrected chi connectivity index (χ3v) is 2.40. The third kappa shape index (κ3) is 5.70. The molecular weight excluding hydrogens is 208 g/mol. The van der Waals surface area contributed by atoms with Gasteiger partial charge in [-0.25, -0.2) is 0 Å². The van der Waals surface area contributed by atoms with Gasteiger partial charge in [0.05, 0.1) is 13.7 Å². The standard InChI is InChI=1S/C11H22N2O3/c1-9(2)13(8-11(15)16-5)7-6-10(14)12(3)4/h9H,6-8H2,1-5H3. The lowest BCUT2D eigenvalue weighted by atomic mass is 10.2. The maximum absolute atomic E-state index is 11.4. The van der Waals surface area contributed by atoms with Crippen molar-refractivity contribution in [1.29, 1.82) is 0 Å². The second-order valence-corrected chi connectivity index (χ2v) is 4.18. The molecule has 0 aliphatic rings. The van der Waals surface area contributed by atoms with Crippen LogP contribution in [0.15, 0.2) is 0 Å². The molecule has 0 aliphatic heterocycles. The molecule has 5 nitrogen and oxygen atoms in total. The summed E-state index contributed by atoms with van der Waals surface area (Å²) < 4.78 is 4.61. The summed E-state index contributed by atoms with van der Waals surface area (Å²) in [7, 11) is 4.82. The minimum absolute atomic E-state index is 0.0653. The molecule has 0 N–H and O–H groups in total. The molecule has 0 aromatic heterocycles. The molecule has 0 heterocycles. The van der Waals surface area contributed by atoms with Crippen LogP contribution in [-0.2, 0) is 14.3 Å². The molecule has 94 valence electrons. The molecular formula is C11H22N2O3. The third-order valence-electron chi connectivity index (χ3n) is 2.40. The van der Waals surface area contributed by atoms with E-state index in [-0.39, 0.29) is 24.5 Å². The Hall–Kier alpha value is -1.10. The van der Waals surface area contributed by atoms with Gasteiger partial charge < -0.3 is 9.64 Å². The Labute approximate surface area is 97.3 Å².